The molecular weight excluding hydrogens is 141 g/mol. The molecule has 1 rings (SSSR count). The molecular formula is C10H20LiN. The zero-order valence-corrected chi connectivity index (χ0v) is 8.52. The molecule has 0 spiro atoms. The summed E-state index contributed by atoms with van der Waals surface area (Å²) in [6.45, 7) is 7.81. The van der Waals surface area contributed by atoms with Crippen LogP contribution in [0.3, 0.4) is 0 Å². The number of rotatable bonds is 3. The fourth-order valence-electron chi connectivity index (χ4n) is 1.70. The van der Waals surface area contributed by atoms with E-state index in [1.54, 1.807) is 0 Å². The molecule has 66 valence electrons. The molecule has 2 heteroatoms. The van der Waals surface area contributed by atoms with Crippen LogP contribution in [0.25, 0.3) is 0 Å². The van der Waals surface area contributed by atoms with Gasteiger partial charge in [0.2, 0.25) is 0 Å². The van der Waals surface area contributed by atoms with E-state index in [2.05, 4.69) is 11.8 Å². The number of likely N-dealkylation sites (tertiary alicyclic amines) is 1. The fourth-order valence-corrected chi connectivity index (χ4v) is 1.70. The third-order valence-electron chi connectivity index (χ3n) is 2.42. The van der Waals surface area contributed by atoms with Crippen molar-refractivity contribution in [3.05, 3.63) is 6.92 Å². The average molecular weight is 161 g/mol. The van der Waals surface area contributed by atoms with Crippen molar-refractivity contribution < 1.29 is 18.9 Å². The van der Waals surface area contributed by atoms with Gasteiger partial charge in [0, 0.05) is 0 Å². The van der Waals surface area contributed by atoms with Gasteiger partial charge >= 0.3 is 18.9 Å². The zero-order chi connectivity index (χ0) is 7.94. The summed E-state index contributed by atoms with van der Waals surface area (Å²) in [5.74, 6) is 0. The molecule has 0 radical (unpaired) electrons. The second-order valence-corrected chi connectivity index (χ2v) is 3.46. The summed E-state index contributed by atoms with van der Waals surface area (Å²) >= 11 is 0. The largest absolute Gasteiger partial charge is 1.00 e. The van der Waals surface area contributed by atoms with Crippen LogP contribution in [0.1, 0.15) is 38.5 Å². The summed E-state index contributed by atoms with van der Waals surface area (Å²) in [5.41, 5.74) is 0. The molecule has 1 fully saturated rings. The van der Waals surface area contributed by atoms with Crippen molar-refractivity contribution in [3.8, 4) is 0 Å². The maximum atomic E-state index is 3.87. The predicted molar refractivity (Wildman–Crippen MR) is 49.5 cm³/mol. The van der Waals surface area contributed by atoms with E-state index in [1.165, 1.54) is 51.7 Å². The Kier molecular flexibility index (Phi) is 8.55. The number of unbranched alkanes of at least 4 members (excludes halogenated alkanes) is 1. The van der Waals surface area contributed by atoms with E-state index < -0.39 is 0 Å². The van der Waals surface area contributed by atoms with Crippen LogP contribution in [-0.4, -0.2) is 24.5 Å². The van der Waals surface area contributed by atoms with Gasteiger partial charge in [-0.3, -0.25) is 0 Å². The van der Waals surface area contributed by atoms with E-state index >= 15 is 0 Å². The number of nitrogens with zero attached hydrogens (tertiary/aromatic N) is 1. The molecule has 0 unspecified atom stereocenters. The van der Waals surface area contributed by atoms with E-state index in [1.807, 2.05) is 0 Å². The third-order valence-corrected chi connectivity index (χ3v) is 2.42. The number of hydrogen-bond acceptors (Lipinski definition) is 1. The summed E-state index contributed by atoms with van der Waals surface area (Å²) in [6.07, 6.45) is 8.09. The molecule has 0 atom stereocenters. The van der Waals surface area contributed by atoms with Gasteiger partial charge < -0.3 is 11.8 Å². The second-order valence-electron chi connectivity index (χ2n) is 3.46. The Morgan fingerprint density at radius 3 is 2.08 bits per heavy atom. The summed E-state index contributed by atoms with van der Waals surface area (Å²) in [4.78, 5) is 2.60. The molecule has 0 saturated carbocycles. The van der Waals surface area contributed by atoms with Crippen LogP contribution in [0.4, 0.5) is 0 Å². The first-order valence-corrected chi connectivity index (χ1v) is 4.95. The van der Waals surface area contributed by atoms with Gasteiger partial charge in [0.25, 0.3) is 0 Å². The minimum absolute atomic E-state index is 0. The molecule has 0 amide bonds. The SMILES string of the molecule is [CH2-]CCCN1CCCCCC1.[Li+]. The first kappa shape index (κ1) is 12.6. The van der Waals surface area contributed by atoms with Gasteiger partial charge in [-0.1, -0.05) is 19.3 Å². The van der Waals surface area contributed by atoms with E-state index in [0.29, 0.717) is 0 Å². The van der Waals surface area contributed by atoms with Crippen LogP contribution >= 0.6 is 0 Å². The minimum Gasteiger partial charge on any atom is -0.343 e. The average Bonchev–Trinajstić information content (AvgIpc) is 2.28. The van der Waals surface area contributed by atoms with Crippen molar-refractivity contribution in [2.24, 2.45) is 0 Å². The number of hydrogen-bond donors (Lipinski definition) is 0. The summed E-state index contributed by atoms with van der Waals surface area (Å²) in [7, 11) is 0. The molecule has 0 bridgehead atoms. The summed E-state index contributed by atoms with van der Waals surface area (Å²) < 4.78 is 0. The van der Waals surface area contributed by atoms with E-state index in [-0.39, 0.29) is 18.9 Å². The molecule has 1 heterocycles. The molecule has 0 aromatic rings. The Morgan fingerprint density at radius 1 is 1.00 bits per heavy atom. The van der Waals surface area contributed by atoms with Crippen LogP contribution in [-0.2, 0) is 0 Å². The molecule has 1 nitrogen and oxygen atoms in total. The van der Waals surface area contributed by atoms with Crippen molar-refractivity contribution in [1.82, 2.24) is 4.90 Å². The van der Waals surface area contributed by atoms with Crippen molar-refractivity contribution in [2.45, 2.75) is 38.5 Å². The van der Waals surface area contributed by atoms with Crippen molar-refractivity contribution >= 4 is 0 Å². The Bertz CT molecular complexity index is 87.8. The maximum Gasteiger partial charge on any atom is 1.00 e. The molecule has 1 saturated heterocycles. The fraction of sp³-hybridized carbons (Fsp3) is 0.900. The van der Waals surface area contributed by atoms with E-state index in [4.69, 9.17) is 0 Å². The predicted octanol–water partition coefficient (Wildman–Crippen LogP) is -0.519. The standard InChI is InChI=1S/C10H20N.Li/c1-2-3-8-11-9-6-4-5-7-10-11;/h1-10H2;/q-1;+1. The summed E-state index contributed by atoms with van der Waals surface area (Å²) in [5, 5.41) is 0. The quantitative estimate of drug-likeness (QED) is 0.398. The molecule has 0 N–H and O–H groups in total. The minimum atomic E-state index is 0. The maximum absolute atomic E-state index is 3.87. The van der Waals surface area contributed by atoms with Crippen molar-refractivity contribution in [1.29, 1.82) is 0 Å². The van der Waals surface area contributed by atoms with Crippen LogP contribution in [0.2, 0.25) is 0 Å². The smallest absolute Gasteiger partial charge is 0.343 e. The Balaban J connectivity index is 0.00000121. The molecule has 0 aromatic carbocycles. The van der Waals surface area contributed by atoms with E-state index in [9.17, 15) is 0 Å². The normalized spacial score (nSPS) is 19.8. The van der Waals surface area contributed by atoms with Gasteiger partial charge in [-0.05, 0) is 32.5 Å². The van der Waals surface area contributed by atoms with Gasteiger partial charge in [0.1, 0.15) is 0 Å². The van der Waals surface area contributed by atoms with E-state index in [0.717, 1.165) is 6.42 Å². The van der Waals surface area contributed by atoms with Gasteiger partial charge in [0.05, 0.1) is 0 Å². The first-order chi connectivity index (χ1) is 5.43. The van der Waals surface area contributed by atoms with Gasteiger partial charge in [-0.25, -0.2) is 0 Å². The van der Waals surface area contributed by atoms with Crippen molar-refractivity contribution in [2.75, 3.05) is 19.6 Å². The molecule has 0 aromatic heterocycles. The Morgan fingerprint density at radius 2 is 1.58 bits per heavy atom. The Hall–Kier alpha value is 0.557. The summed E-state index contributed by atoms with van der Waals surface area (Å²) in [6, 6.07) is 0. The van der Waals surface area contributed by atoms with Gasteiger partial charge in [0.15, 0.2) is 0 Å². The monoisotopic (exact) mass is 161 g/mol. The molecule has 12 heavy (non-hydrogen) atoms. The second kappa shape index (κ2) is 8.17. The zero-order valence-electron chi connectivity index (χ0n) is 8.52. The van der Waals surface area contributed by atoms with Gasteiger partial charge in [-0.2, -0.15) is 6.42 Å². The Labute approximate surface area is 89.1 Å². The van der Waals surface area contributed by atoms with Crippen LogP contribution in [0.5, 0.6) is 0 Å². The van der Waals surface area contributed by atoms with Crippen LogP contribution in [0.15, 0.2) is 0 Å². The molecule has 1 aliphatic heterocycles. The van der Waals surface area contributed by atoms with Crippen molar-refractivity contribution in [3.63, 3.8) is 0 Å². The molecule has 1 aliphatic rings. The molecule has 0 aliphatic carbocycles. The van der Waals surface area contributed by atoms with Crippen LogP contribution < -0.4 is 18.9 Å². The topological polar surface area (TPSA) is 3.24 Å². The first-order valence-electron chi connectivity index (χ1n) is 4.95. The third kappa shape index (κ3) is 5.25. The van der Waals surface area contributed by atoms with Crippen LogP contribution in [0, 0.1) is 6.92 Å². The van der Waals surface area contributed by atoms with Gasteiger partial charge in [-0.15, -0.1) is 0 Å².